The van der Waals surface area contributed by atoms with Crippen LogP contribution in [0.3, 0.4) is 0 Å². The third-order valence-corrected chi connectivity index (χ3v) is 6.51. The summed E-state index contributed by atoms with van der Waals surface area (Å²) in [4.78, 5) is 2.25. The highest BCUT2D eigenvalue weighted by Crippen LogP contribution is 2.49. The van der Waals surface area contributed by atoms with Crippen LogP contribution in [0.2, 0.25) is 0 Å². The highest BCUT2D eigenvalue weighted by atomic mass is 16.3. The number of unbranched alkanes of at least 4 members (excludes halogenated alkanes) is 6. The first kappa shape index (κ1) is 22.6. The number of nitrogens with zero attached hydrogens (tertiary/aromatic N) is 1. The van der Waals surface area contributed by atoms with Crippen molar-refractivity contribution in [3.05, 3.63) is 23.8 Å². The van der Waals surface area contributed by atoms with Gasteiger partial charge in [-0.2, -0.15) is 0 Å². The maximum Gasteiger partial charge on any atom is 0.0776 e. The predicted molar refractivity (Wildman–Crippen MR) is 115 cm³/mol. The van der Waals surface area contributed by atoms with Crippen molar-refractivity contribution in [1.29, 1.82) is 0 Å². The van der Waals surface area contributed by atoms with Gasteiger partial charge in [-0.3, -0.25) is 0 Å². The molecule has 156 valence electrons. The number of hydrogen-bond donors (Lipinski definition) is 2. The predicted octanol–water partition coefficient (Wildman–Crippen LogP) is 4.94. The minimum atomic E-state index is -0.492. The summed E-state index contributed by atoms with van der Waals surface area (Å²) in [5.74, 6) is 0.940. The Kier molecular flexibility index (Phi) is 10.1. The molecule has 0 saturated heterocycles. The smallest absolute Gasteiger partial charge is 0.0776 e. The minimum absolute atomic E-state index is 0.0179. The Bertz CT molecular complexity index is 471. The molecule has 1 saturated carbocycles. The van der Waals surface area contributed by atoms with E-state index in [2.05, 4.69) is 38.1 Å². The third kappa shape index (κ3) is 7.36. The first-order chi connectivity index (χ1) is 13.0. The van der Waals surface area contributed by atoms with Gasteiger partial charge in [0.25, 0.3) is 0 Å². The van der Waals surface area contributed by atoms with Gasteiger partial charge < -0.3 is 15.1 Å². The normalized spacial score (nSPS) is 28.9. The van der Waals surface area contributed by atoms with E-state index in [9.17, 15) is 10.2 Å². The monoisotopic (exact) mass is 377 g/mol. The summed E-state index contributed by atoms with van der Waals surface area (Å²) in [5, 5.41) is 21.2. The van der Waals surface area contributed by atoms with Gasteiger partial charge >= 0.3 is 0 Å². The maximum absolute atomic E-state index is 10.7. The molecule has 0 aromatic carbocycles. The molecule has 0 heterocycles. The van der Waals surface area contributed by atoms with Crippen molar-refractivity contribution < 1.29 is 10.2 Å². The SMILES string of the molecule is CCCCCC/C=C/[C@@H](O)[C@@H]1[C@H]2CC(CCCCCN(C)C)=C[C@H]2C[C@H]1O. The summed E-state index contributed by atoms with van der Waals surface area (Å²) in [7, 11) is 4.27. The highest BCUT2D eigenvalue weighted by molar-refractivity contribution is 5.20. The molecule has 0 amide bonds. The Balaban J connectivity index is 1.73. The van der Waals surface area contributed by atoms with Gasteiger partial charge in [0, 0.05) is 5.92 Å². The second-order valence-electron chi connectivity index (χ2n) is 9.12. The van der Waals surface area contributed by atoms with Crippen LogP contribution in [-0.4, -0.2) is 48.0 Å². The second-order valence-corrected chi connectivity index (χ2v) is 9.12. The fraction of sp³-hybridized carbons (Fsp3) is 0.833. The van der Waals surface area contributed by atoms with Gasteiger partial charge in [-0.25, -0.2) is 0 Å². The molecule has 2 aliphatic carbocycles. The van der Waals surface area contributed by atoms with Crippen molar-refractivity contribution in [3.63, 3.8) is 0 Å². The fourth-order valence-electron chi connectivity index (χ4n) is 5.01. The fourth-order valence-corrected chi connectivity index (χ4v) is 5.01. The Labute approximate surface area is 167 Å². The number of rotatable bonds is 13. The van der Waals surface area contributed by atoms with Crippen molar-refractivity contribution in [1.82, 2.24) is 4.90 Å². The highest BCUT2D eigenvalue weighted by Gasteiger charge is 2.46. The standard InChI is InChI=1S/C24H43NO2/c1-4-5-6-7-8-11-14-22(26)24-21-17-19(16-20(21)18-23(24)27)13-10-9-12-15-25(2)3/h11,14,16,20-24,26-27H,4-10,12-13,15,17-18H2,1-3H3/b14-11+/t20-,21-,22+,23+,24-/m0/s1. The molecule has 2 aliphatic rings. The summed E-state index contributed by atoms with van der Waals surface area (Å²) in [6.45, 7) is 3.40. The maximum atomic E-state index is 10.7. The van der Waals surface area contributed by atoms with Crippen LogP contribution in [0.4, 0.5) is 0 Å². The van der Waals surface area contributed by atoms with Crippen LogP contribution in [0.25, 0.3) is 0 Å². The Morgan fingerprint density at radius 3 is 2.67 bits per heavy atom. The van der Waals surface area contributed by atoms with Crippen LogP contribution in [0, 0.1) is 17.8 Å². The summed E-state index contributed by atoms with van der Waals surface area (Å²) in [6, 6.07) is 0. The van der Waals surface area contributed by atoms with Crippen LogP contribution >= 0.6 is 0 Å². The molecule has 2 N–H and O–H groups in total. The molecular formula is C24H43NO2. The van der Waals surface area contributed by atoms with E-state index < -0.39 is 6.10 Å². The Morgan fingerprint density at radius 1 is 1.15 bits per heavy atom. The van der Waals surface area contributed by atoms with Crippen LogP contribution < -0.4 is 0 Å². The van der Waals surface area contributed by atoms with E-state index >= 15 is 0 Å². The molecule has 1 fully saturated rings. The van der Waals surface area contributed by atoms with E-state index in [1.54, 1.807) is 5.57 Å². The third-order valence-electron chi connectivity index (χ3n) is 6.51. The number of allylic oxidation sites excluding steroid dienone is 3. The van der Waals surface area contributed by atoms with Crippen molar-refractivity contribution in [2.75, 3.05) is 20.6 Å². The topological polar surface area (TPSA) is 43.7 Å². The summed E-state index contributed by atoms with van der Waals surface area (Å²) >= 11 is 0. The Hall–Kier alpha value is -0.640. The number of aliphatic hydroxyl groups excluding tert-OH is 2. The molecule has 0 spiro atoms. The zero-order valence-corrected chi connectivity index (χ0v) is 17.9. The summed E-state index contributed by atoms with van der Waals surface area (Å²) < 4.78 is 0. The van der Waals surface area contributed by atoms with Gasteiger partial charge in [-0.1, -0.05) is 56.4 Å². The molecule has 5 atom stereocenters. The van der Waals surface area contributed by atoms with Gasteiger partial charge in [0.05, 0.1) is 12.2 Å². The molecular weight excluding hydrogens is 334 g/mol. The molecule has 0 aliphatic heterocycles. The average molecular weight is 378 g/mol. The lowest BCUT2D eigenvalue weighted by atomic mass is 9.85. The molecule has 27 heavy (non-hydrogen) atoms. The van der Waals surface area contributed by atoms with Crippen molar-refractivity contribution >= 4 is 0 Å². The van der Waals surface area contributed by atoms with Crippen molar-refractivity contribution in [2.24, 2.45) is 17.8 Å². The van der Waals surface area contributed by atoms with E-state index in [1.807, 2.05) is 6.08 Å². The van der Waals surface area contributed by atoms with Crippen molar-refractivity contribution in [3.8, 4) is 0 Å². The quantitative estimate of drug-likeness (QED) is 0.353. The first-order valence-electron chi connectivity index (χ1n) is 11.4. The summed E-state index contributed by atoms with van der Waals surface area (Å²) in [6.07, 6.45) is 18.7. The Morgan fingerprint density at radius 2 is 1.93 bits per heavy atom. The molecule has 0 bridgehead atoms. The lowest BCUT2D eigenvalue weighted by Crippen LogP contribution is -2.30. The van der Waals surface area contributed by atoms with Gasteiger partial charge in [0.2, 0.25) is 0 Å². The number of fused-ring (bicyclic) bond motifs is 1. The molecule has 0 radical (unpaired) electrons. The van der Waals surface area contributed by atoms with Crippen LogP contribution in [0.15, 0.2) is 23.8 Å². The zero-order chi connectivity index (χ0) is 19.6. The van der Waals surface area contributed by atoms with Crippen LogP contribution in [-0.2, 0) is 0 Å². The molecule has 0 aromatic rings. The zero-order valence-electron chi connectivity index (χ0n) is 17.9. The molecule has 3 nitrogen and oxygen atoms in total. The lowest BCUT2D eigenvalue weighted by Gasteiger charge is -2.25. The summed E-state index contributed by atoms with van der Waals surface area (Å²) in [5.41, 5.74) is 1.57. The van der Waals surface area contributed by atoms with Crippen molar-refractivity contribution in [2.45, 2.75) is 89.8 Å². The number of hydrogen-bond acceptors (Lipinski definition) is 3. The molecule has 3 heteroatoms. The first-order valence-corrected chi connectivity index (χ1v) is 11.4. The van der Waals surface area contributed by atoms with Crippen LogP contribution in [0.1, 0.15) is 77.6 Å². The minimum Gasteiger partial charge on any atom is -0.393 e. The van der Waals surface area contributed by atoms with Gasteiger partial charge in [-0.15, -0.1) is 0 Å². The van der Waals surface area contributed by atoms with Gasteiger partial charge in [0.15, 0.2) is 0 Å². The largest absolute Gasteiger partial charge is 0.393 e. The lowest BCUT2D eigenvalue weighted by molar-refractivity contribution is 0.0367. The van der Waals surface area contributed by atoms with Crippen LogP contribution in [0.5, 0.6) is 0 Å². The number of aliphatic hydroxyl groups is 2. The van der Waals surface area contributed by atoms with E-state index in [0.29, 0.717) is 11.8 Å². The van der Waals surface area contributed by atoms with E-state index in [4.69, 9.17) is 0 Å². The van der Waals surface area contributed by atoms with E-state index in [0.717, 1.165) is 19.3 Å². The van der Waals surface area contributed by atoms with Gasteiger partial charge in [-0.05, 0) is 77.4 Å². The molecule has 0 aromatic heterocycles. The molecule has 2 rings (SSSR count). The average Bonchev–Trinajstić information content (AvgIpc) is 3.13. The molecule has 0 unspecified atom stereocenters. The van der Waals surface area contributed by atoms with Gasteiger partial charge in [0.1, 0.15) is 0 Å². The van der Waals surface area contributed by atoms with E-state index in [1.165, 1.54) is 57.9 Å². The second kappa shape index (κ2) is 12.0. The van der Waals surface area contributed by atoms with E-state index in [-0.39, 0.29) is 12.0 Å².